The normalized spacial score (nSPS) is 10.7. The standard InChI is InChI=1S/C16H13N3S/c1-11-4-3-5-13(8-11)15-16(20-10-17)19-7-6-12(2)9-14(19)18-15/h3-9H,1-2H3. The van der Waals surface area contributed by atoms with Crippen molar-refractivity contribution in [2.45, 2.75) is 18.9 Å². The predicted octanol–water partition coefficient (Wildman–Crippen LogP) is 4.19. The number of pyridine rings is 1. The van der Waals surface area contributed by atoms with E-state index in [0.29, 0.717) is 0 Å². The molecule has 2 aromatic heterocycles. The Morgan fingerprint density at radius 1 is 1.15 bits per heavy atom. The number of nitriles is 1. The molecule has 20 heavy (non-hydrogen) atoms. The Morgan fingerprint density at radius 2 is 1.95 bits per heavy atom. The van der Waals surface area contributed by atoms with Crippen molar-refractivity contribution in [3.05, 3.63) is 53.7 Å². The highest BCUT2D eigenvalue weighted by atomic mass is 32.2. The fourth-order valence-electron chi connectivity index (χ4n) is 2.25. The molecule has 0 amide bonds. The molecule has 0 saturated heterocycles. The van der Waals surface area contributed by atoms with E-state index < -0.39 is 0 Å². The minimum Gasteiger partial charge on any atom is -0.293 e. The van der Waals surface area contributed by atoms with Gasteiger partial charge >= 0.3 is 0 Å². The Kier molecular flexibility index (Phi) is 3.21. The molecule has 0 radical (unpaired) electrons. The number of fused-ring (bicyclic) bond motifs is 1. The SMILES string of the molecule is Cc1cccc(-c2nc3cc(C)ccn3c2SC#N)c1. The molecule has 0 spiro atoms. The third-order valence-corrected chi connectivity index (χ3v) is 3.85. The second-order valence-electron chi connectivity index (χ2n) is 4.76. The zero-order chi connectivity index (χ0) is 14.1. The second-order valence-corrected chi connectivity index (χ2v) is 5.53. The number of thioether (sulfide) groups is 1. The van der Waals surface area contributed by atoms with E-state index in [0.717, 1.165) is 39.3 Å². The van der Waals surface area contributed by atoms with Crippen molar-refractivity contribution >= 4 is 17.4 Å². The number of imidazole rings is 1. The number of rotatable bonds is 2. The van der Waals surface area contributed by atoms with Gasteiger partial charge in [0.15, 0.2) is 0 Å². The molecule has 0 aliphatic rings. The van der Waals surface area contributed by atoms with Crippen molar-refractivity contribution in [2.24, 2.45) is 0 Å². The van der Waals surface area contributed by atoms with Gasteiger partial charge in [-0.05, 0) is 37.6 Å². The first-order chi connectivity index (χ1) is 9.69. The zero-order valence-electron chi connectivity index (χ0n) is 11.3. The maximum Gasteiger partial charge on any atom is 0.140 e. The average molecular weight is 279 g/mol. The Bertz CT molecular complexity index is 827. The summed E-state index contributed by atoms with van der Waals surface area (Å²) in [6, 6.07) is 12.2. The molecule has 98 valence electrons. The molecule has 3 aromatic rings. The van der Waals surface area contributed by atoms with Gasteiger partial charge in [-0.1, -0.05) is 23.8 Å². The van der Waals surface area contributed by atoms with Crippen molar-refractivity contribution < 1.29 is 0 Å². The molecular formula is C16H13N3S. The van der Waals surface area contributed by atoms with E-state index >= 15 is 0 Å². The summed E-state index contributed by atoms with van der Waals surface area (Å²) in [5.74, 6) is 0. The lowest BCUT2D eigenvalue weighted by atomic mass is 10.1. The average Bonchev–Trinajstić information content (AvgIpc) is 2.77. The highest BCUT2D eigenvalue weighted by molar-refractivity contribution is 8.03. The van der Waals surface area contributed by atoms with Crippen LogP contribution in [0.4, 0.5) is 0 Å². The van der Waals surface area contributed by atoms with Crippen LogP contribution in [0.25, 0.3) is 16.9 Å². The summed E-state index contributed by atoms with van der Waals surface area (Å²) in [4.78, 5) is 4.69. The topological polar surface area (TPSA) is 41.1 Å². The smallest absolute Gasteiger partial charge is 0.140 e. The van der Waals surface area contributed by atoms with Crippen LogP contribution in [-0.4, -0.2) is 9.38 Å². The zero-order valence-corrected chi connectivity index (χ0v) is 12.1. The summed E-state index contributed by atoms with van der Waals surface area (Å²) in [7, 11) is 0. The summed E-state index contributed by atoms with van der Waals surface area (Å²) >= 11 is 1.15. The molecule has 0 atom stereocenters. The molecule has 0 saturated carbocycles. The first-order valence-electron chi connectivity index (χ1n) is 6.31. The van der Waals surface area contributed by atoms with Crippen LogP contribution in [-0.2, 0) is 0 Å². The summed E-state index contributed by atoms with van der Waals surface area (Å²) < 4.78 is 1.97. The van der Waals surface area contributed by atoms with Crippen LogP contribution in [0.3, 0.4) is 0 Å². The Hall–Kier alpha value is -2.25. The summed E-state index contributed by atoms with van der Waals surface area (Å²) in [5.41, 5.74) is 5.13. The van der Waals surface area contributed by atoms with Gasteiger partial charge in [0.05, 0.1) is 0 Å². The fraction of sp³-hybridized carbons (Fsp3) is 0.125. The van der Waals surface area contributed by atoms with E-state index in [1.807, 2.05) is 41.8 Å². The molecule has 3 rings (SSSR count). The first kappa shape index (κ1) is 12.8. The number of hydrogen-bond donors (Lipinski definition) is 0. The van der Waals surface area contributed by atoms with Gasteiger partial charge in [-0.25, -0.2) is 4.98 Å². The van der Waals surface area contributed by atoms with Crippen molar-refractivity contribution in [3.8, 4) is 16.7 Å². The van der Waals surface area contributed by atoms with Gasteiger partial charge in [0.1, 0.15) is 21.8 Å². The minimum atomic E-state index is 0.867. The van der Waals surface area contributed by atoms with Gasteiger partial charge in [-0.15, -0.1) is 0 Å². The minimum absolute atomic E-state index is 0.867. The largest absolute Gasteiger partial charge is 0.293 e. The summed E-state index contributed by atoms with van der Waals surface area (Å²) in [5, 5.41) is 12.1. The number of thiocyanates is 1. The molecular weight excluding hydrogens is 266 g/mol. The highest BCUT2D eigenvalue weighted by Gasteiger charge is 2.14. The van der Waals surface area contributed by atoms with Crippen LogP contribution in [0, 0.1) is 24.5 Å². The molecule has 0 N–H and O–H groups in total. The van der Waals surface area contributed by atoms with E-state index in [1.165, 1.54) is 5.56 Å². The van der Waals surface area contributed by atoms with Gasteiger partial charge in [0.2, 0.25) is 0 Å². The van der Waals surface area contributed by atoms with E-state index in [2.05, 4.69) is 24.5 Å². The number of aryl methyl sites for hydroxylation is 2. The number of nitrogens with zero attached hydrogens (tertiary/aromatic N) is 3. The maximum atomic E-state index is 9.05. The van der Waals surface area contributed by atoms with Crippen molar-refractivity contribution in [1.82, 2.24) is 9.38 Å². The van der Waals surface area contributed by atoms with E-state index in [4.69, 9.17) is 10.2 Å². The predicted molar refractivity (Wildman–Crippen MR) is 81.6 cm³/mol. The van der Waals surface area contributed by atoms with Crippen LogP contribution in [0.1, 0.15) is 11.1 Å². The summed E-state index contributed by atoms with van der Waals surface area (Å²) in [6.45, 7) is 4.10. The lowest BCUT2D eigenvalue weighted by molar-refractivity contribution is 1.05. The summed E-state index contributed by atoms with van der Waals surface area (Å²) in [6.07, 6.45) is 1.97. The molecule has 0 unspecified atom stereocenters. The van der Waals surface area contributed by atoms with Gasteiger partial charge in [-0.3, -0.25) is 4.40 Å². The number of hydrogen-bond acceptors (Lipinski definition) is 3. The lowest BCUT2D eigenvalue weighted by Gasteiger charge is -2.01. The fourth-order valence-corrected chi connectivity index (χ4v) is 2.84. The third kappa shape index (κ3) is 2.17. The molecule has 4 heteroatoms. The molecule has 0 fully saturated rings. The molecule has 3 nitrogen and oxygen atoms in total. The Balaban J connectivity index is 2.29. The first-order valence-corrected chi connectivity index (χ1v) is 7.12. The molecule has 2 heterocycles. The van der Waals surface area contributed by atoms with Gasteiger partial charge < -0.3 is 0 Å². The molecule has 0 aliphatic heterocycles. The van der Waals surface area contributed by atoms with Crippen LogP contribution in [0.15, 0.2) is 47.6 Å². The Morgan fingerprint density at radius 3 is 2.70 bits per heavy atom. The van der Waals surface area contributed by atoms with E-state index in [9.17, 15) is 0 Å². The van der Waals surface area contributed by atoms with Crippen molar-refractivity contribution in [2.75, 3.05) is 0 Å². The van der Waals surface area contributed by atoms with Crippen LogP contribution < -0.4 is 0 Å². The van der Waals surface area contributed by atoms with E-state index in [1.54, 1.807) is 0 Å². The van der Waals surface area contributed by atoms with Crippen LogP contribution in [0.5, 0.6) is 0 Å². The lowest BCUT2D eigenvalue weighted by Crippen LogP contribution is -1.87. The highest BCUT2D eigenvalue weighted by Crippen LogP contribution is 2.32. The maximum absolute atomic E-state index is 9.05. The Labute approximate surface area is 121 Å². The number of benzene rings is 1. The van der Waals surface area contributed by atoms with Gasteiger partial charge in [-0.2, -0.15) is 5.26 Å². The molecule has 1 aromatic carbocycles. The number of aromatic nitrogens is 2. The van der Waals surface area contributed by atoms with Gasteiger partial charge in [0, 0.05) is 23.5 Å². The molecule has 0 bridgehead atoms. The van der Waals surface area contributed by atoms with E-state index in [-0.39, 0.29) is 0 Å². The van der Waals surface area contributed by atoms with Crippen molar-refractivity contribution in [3.63, 3.8) is 0 Å². The van der Waals surface area contributed by atoms with Crippen molar-refractivity contribution in [1.29, 1.82) is 5.26 Å². The monoisotopic (exact) mass is 279 g/mol. The second kappa shape index (κ2) is 5.03. The quantitative estimate of drug-likeness (QED) is 0.521. The molecule has 0 aliphatic carbocycles. The van der Waals surface area contributed by atoms with Crippen LogP contribution >= 0.6 is 11.8 Å². The van der Waals surface area contributed by atoms with Crippen LogP contribution in [0.2, 0.25) is 0 Å². The van der Waals surface area contributed by atoms with Gasteiger partial charge in [0.25, 0.3) is 0 Å². The third-order valence-electron chi connectivity index (χ3n) is 3.17.